The lowest BCUT2D eigenvalue weighted by Crippen LogP contribution is -2.09. The summed E-state index contributed by atoms with van der Waals surface area (Å²) in [7, 11) is 3.26. The summed E-state index contributed by atoms with van der Waals surface area (Å²) in [5, 5.41) is 14.3. The summed E-state index contributed by atoms with van der Waals surface area (Å²) < 4.78 is 7.30. The summed E-state index contributed by atoms with van der Waals surface area (Å²) in [6.07, 6.45) is 2.09. The third kappa shape index (κ3) is 2.29. The molecule has 0 saturated heterocycles. The van der Waals surface area contributed by atoms with Crippen LogP contribution in [0.4, 0.5) is 0 Å². The zero-order chi connectivity index (χ0) is 12.4. The summed E-state index contributed by atoms with van der Waals surface area (Å²) >= 11 is 3.33. The molecule has 6 nitrogen and oxygen atoms in total. The molecule has 0 spiro atoms. The Bertz CT molecular complexity index is 509. The number of aryl methyl sites for hydroxylation is 1. The van der Waals surface area contributed by atoms with Crippen LogP contribution in [0.25, 0.3) is 0 Å². The maximum Gasteiger partial charge on any atom is 0.216 e. The van der Waals surface area contributed by atoms with Gasteiger partial charge in [-0.1, -0.05) is 0 Å². The molecule has 2 rings (SSSR count). The molecule has 0 aliphatic heterocycles. The van der Waals surface area contributed by atoms with Gasteiger partial charge in [-0.15, -0.1) is 0 Å². The molecule has 0 aliphatic rings. The van der Waals surface area contributed by atoms with E-state index in [1.165, 1.54) is 13.4 Å². The second kappa shape index (κ2) is 4.80. The van der Waals surface area contributed by atoms with Gasteiger partial charge in [-0.05, 0) is 15.9 Å². The first kappa shape index (κ1) is 12.0. The second-order valence-electron chi connectivity index (χ2n) is 3.39. The van der Waals surface area contributed by atoms with E-state index < -0.39 is 6.10 Å². The molecule has 90 valence electrons. The van der Waals surface area contributed by atoms with E-state index in [2.05, 4.69) is 31.0 Å². The molecule has 1 N–H and O–H groups in total. The predicted octanol–water partition coefficient (Wildman–Crippen LogP) is 1.06. The van der Waals surface area contributed by atoms with E-state index >= 15 is 0 Å². The Labute approximate surface area is 106 Å². The molecule has 2 aromatic rings. The molecule has 0 aromatic carbocycles. The molecule has 0 amide bonds. The molecule has 2 heterocycles. The second-order valence-corrected chi connectivity index (χ2v) is 4.24. The number of hydrogen-bond donors (Lipinski definition) is 1. The van der Waals surface area contributed by atoms with Crippen LogP contribution < -0.4 is 4.74 Å². The van der Waals surface area contributed by atoms with E-state index in [-0.39, 0.29) is 0 Å². The van der Waals surface area contributed by atoms with Crippen LogP contribution in [0.15, 0.2) is 23.1 Å². The van der Waals surface area contributed by atoms with Gasteiger partial charge in [0.05, 0.1) is 29.2 Å². The number of hydrogen-bond acceptors (Lipinski definition) is 5. The van der Waals surface area contributed by atoms with Crippen molar-refractivity contribution in [3.8, 4) is 5.88 Å². The first-order chi connectivity index (χ1) is 8.13. The van der Waals surface area contributed by atoms with Gasteiger partial charge in [0.25, 0.3) is 0 Å². The summed E-state index contributed by atoms with van der Waals surface area (Å²) in [5.74, 6) is 0.410. The fourth-order valence-electron chi connectivity index (χ4n) is 1.48. The number of aliphatic hydroxyl groups excluding tert-OH is 1. The van der Waals surface area contributed by atoms with Crippen LogP contribution in [-0.2, 0) is 7.05 Å². The predicted molar refractivity (Wildman–Crippen MR) is 63.6 cm³/mol. The molecule has 17 heavy (non-hydrogen) atoms. The Balaban J connectivity index is 2.40. The summed E-state index contributed by atoms with van der Waals surface area (Å²) in [5.41, 5.74) is 1.09. The molecule has 0 saturated carbocycles. The van der Waals surface area contributed by atoms with Gasteiger partial charge in [-0.2, -0.15) is 5.10 Å². The lowest BCUT2D eigenvalue weighted by molar-refractivity contribution is 0.203. The van der Waals surface area contributed by atoms with Crippen LogP contribution in [0.2, 0.25) is 0 Å². The van der Waals surface area contributed by atoms with Crippen LogP contribution >= 0.6 is 15.9 Å². The Morgan fingerprint density at radius 1 is 1.47 bits per heavy atom. The third-order valence-electron chi connectivity index (χ3n) is 2.35. The van der Waals surface area contributed by atoms with Gasteiger partial charge in [0.1, 0.15) is 12.4 Å². The van der Waals surface area contributed by atoms with E-state index in [1.54, 1.807) is 24.0 Å². The van der Waals surface area contributed by atoms with Crippen molar-refractivity contribution in [2.75, 3.05) is 7.11 Å². The molecular formula is C10H11BrN4O2. The fraction of sp³-hybridized carbons (Fsp3) is 0.300. The number of aromatic nitrogens is 4. The lowest BCUT2D eigenvalue weighted by Gasteiger charge is -2.11. The van der Waals surface area contributed by atoms with Gasteiger partial charge in [0.2, 0.25) is 5.88 Å². The highest BCUT2D eigenvalue weighted by Crippen LogP contribution is 2.27. The molecule has 0 aliphatic carbocycles. The van der Waals surface area contributed by atoms with E-state index in [1.807, 2.05) is 0 Å². The van der Waals surface area contributed by atoms with Gasteiger partial charge in [-0.3, -0.25) is 4.68 Å². The Morgan fingerprint density at radius 2 is 2.24 bits per heavy atom. The normalized spacial score (nSPS) is 12.5. The maximum atomic E-state index is 10.2. The molecule has 7 heteroatoms. The third-order valence-corrected chi connectivity index (χ3v) is 2.96. The number of ether oxygens (including phenoxy) is 1. The highest BCUT2D eigenvalue weighted by Gasteiger charge is 2.19. The van der Waals surface area contributed by atoms with Crippen molar-refractivity contribution < 1.29 is 9.84 Å². The quantitative estimate of drug-likeness (QED) is 0.917. The zero-order valence-corrected chi connectivity index (χ0v) is 10.9. The zero-order valence-electron chi connectivity index (χ0n) is 9.33. The molecule has 1 unspecified atom stereocenters. The number of nitrogens with zero attached hydrogens (tertiary/aromatic N) is 4. The summed E-state index contributed by atoms with van der Waals surface area (Å²) in [6.45, 7) is 0. The molecule has 0 fully saturated rings. The number of aliphatic hydroxyl groups is 1. The van der Waals surface area contributed by atoms with E-state index in [0.717, 1.165) is 4.47 Å². The van der Waals surface area contributed by atoms with Crippen LogP contribution in [0.5, 0.6) is 5.88 Å². The van der Waals surface area contributed by atoms with Crippen LogP contribution in [0.3, 0.4) is 0 Å². The monoisotopic (exact) mass is 298 g/mol. The minimum atomic E-state index is -0.881. The largest absolute Gasteiger partial charge is 0.481 e. The van der Waals surface area contributed by atoms with Crippen molar-refractivity contribution in [3.05, 3.63) is 34.5 Å². The Kier molecular flexibility index (Phi) is 3.39. The van der Waals surface area contributed by atoms with Gasteiger partial charge in [0, 0.05) is 13.1 Å². The van der Waals surface area contributed by atoms with Crippen LogP contribution in [0.1, 0.15) is 17.5 Å². The lowest BCUT2D eigenvalue weighted by atomic mass is 10.2. The van der Waals surface area contributed by atoms with Gasteiger partial charge >= 0.3 is 0 Å². The summed E-state index contributed by atoms with van der Waals surface area (Å²) in [4.78, 5) is 7.91. The minimum Gasteiger partial charge on any atom is -0.481 e. The van der Waals surface area contributed by atoms with Gasteiger partial charge in [-0.25, -0.2) is 9.97 Å². The van der Waals surface area contributed by atoms with Crippen LogP contribution in [-0.4, -0.2) is 32.0 Å². The van der Waals surface area contributed by atoms with Crippen LogP contribution in [0, 0.1) is 0 Å². The molecular weight excluding hydrogens is 288 g/mol. The first-order valence-electron chi connectivity index (χ1n) is 4.85. The fourth-order valence-corrected chi connectivity index (χ4v) is 2.05. The Hall–Kier alpha value is -1.47. The molecule has 2 aromatic heterocycles. The minimum absolute atomic E-state index is 0.410. The molecule has 0 bridgehead atoms. The Morgan fingerprint density at radius 3 is 2.82 bits per heavy atom. The van der Waals surface area contributed by atoms with Crippen molar-refractivity contribution in [1.82, 2.24) is 19.7 Å². The van der Waals surface area contributed by atoms with Crippen molar-refractivity contribution >= 4 is 15.9 Å². The van der Waals surface area contributed by atoms with Gasteiger partial charge < -0.3 is 9.84 Å². The number of halogens is 1. The standard InChI is InChI=1S/C10H11BrN4O2/c1-15-9(6(11)4-14-15)10(16)7-3-8(17-2)13-5-12-7/h3-5,10,16H,1-2H3. The smallest absolute Gasteiger partial charge is 0.216 e. The number of methoxy groups -OCH3 is 1. The van der Waals surface area contributed by atoms with Crippen molar-refractivity contribution in [2.45, 2.75) is 6.10 Å². The van der Waals surface area contributed by atoms with E-state index in [0.29, 0.717) is 17.3 Å². The highest BCUT2D eigenvalue weighted by molar-refractivity contribution is 9.10. The van der Waals surface area contributed by atoms with E-state index in [4.69, 9.17) is 4.74 Å². The molecule has 1 atom stereocenters. The highest BCUT2D eigenvalue weighted by atomic mass is 79.9. The first-order valence-corrected chi connectivity index (χ1v) is 5.64. The van der Waals surface area contributed by atoms with Crippen molar-refractivity contribution in [2.24, 2.45) is 7.05 Å². The topological polar surface area (TPSA) is 73.1 Å². The average Bonchev–Trinajstić information content (AvgIpc) is 2.68. The van der Waals surface area contributed by atoms with E-state index in [9.17, 15) is 5.11 Å². The number of rotatable bonds is 3. The van der Waals surface area contributed by atoms with Crippen molar-refractivity contribution in [3.63, 3.8) is 0 Å². The van der Waals surface area contributed by atoms with Crippen molar-refractivity contribution in [1.29, 1.82) is 0 Å². The summed E-state index contributed by atoms with van der Waals surface area (Å²) in [6, 6.07) is 1.59. The average molecular weight is 299 g/mol. The van der Waals surface area contributed by atoms with Gasteiger partial charge in [0.15, 0.2) is 0 Å². The maximum absolute atomic E-state index is 10.2. The SMILES string of the molecule is COc1cc(C(O)c2c(Br)cnn2C)ncn1. The molecule has 0 radical (unpaired) electrons.